The predicted octanol–water partition coefficient (Wildman–Crippen LogP) is 1.06. The van der Waals surface area contributed by atoms with E-state index in [1.54, 1.807) is 0 Å². The van der Waals surface area contributed by atoms with Gasteiger partial charge in [0.25, 0.3) is 0 Å². The molecule has 0 spiro atoms. The minimum absolute atomic E-state index is 0.0737. The first-order valence-electron chi connectivity index (χ1n) is 4.74. The number of aliphatic hydroxyl groups is 2. The number of hydrogen-bond donors (Lipinski definition) is 2. The van der Waals surface area contributed by atoms with Gasteiger partial charge >= 0.3 is 0 Å². The average molecular weight is 186 g/mol. The van der Waals surface area contributed by atoms with Crippen molar-refractivity contribution in [1.29, 1.82) is 0 Å². The van der Waals surface area contributed by atoms with Crippen LogP contribution in [0.5, 0.6) is 0 Å². The highest BCUT2D eigenvalue weighted by molar-refractivity contribution is 4.85. The van der Waals surface area contributed by atoms with Crippen molar-refractivity contribution in [1.82, 2.24) is 0 Å². The third-order valence-electron chi connectivity index (χ3n) is 2.95. The van der Waals surface area contributed by atoms with Crippen molar-refractivity contribution in [3.8, 4) is 0 Å². The molecule has 0 aromatic carbocycles. The van der Waals surface area contributed by atoms with Crippen molar-refractivity contribution in [2.75, 3.05) is 13.2 Å². The molecule has 0 heterocycles. The van der Waals surface area contributed by atoms with Gasteiger partial charge in [0.15, 0.2) is 0 Å². The molecule has 0 unspecified atom stereocenters. The average Bonchev–Trinajstić information content (AvgIpc) is 2.20. The third-order valence-corrected chi connectivity index (χ3v) is 2.95. The fourth-order valence-electron chi connectivity index (χ4n) is 1.84. The van der Waals surface area contributed by atoms with Crippen molar-refractivity contribution in [2.45, 2.75) is 31.8 Å². The van der Waals surface area contributed by atoms with Crippen molar-refractivity contribution >= 4 is 0 Å². The summed E-state index contributed by atoms with van der Waals surface area (Å²) < 4.78 is 5.27. The normalized spacial score (nSPS) is 22.6. The Balaban J connectivity index is 2.40. The summed E-state index contributed by atoms with van der Waals surface area (Å²) in [4.78, 5) is 0. The van der Waals surface area contributed by atoms with Crippen LogP contribution in [-0.2, 0) is 4.74 Å². The minimum Gasteiger partial charge on any atom is -0.499 e. The van der Waals surface area contributed by atoms with Gasteiger partial charge < -0.3 is 14.9 Å². The second-order valence-electron chi connectivity index (χ2n) is 3.82. The van der Waals surface area contributed by atoms with E-state index in [2.05, 4.69) is 6.58 Å². The van der Waals surface area contributed by atoms with E-state index in [1.165, 1.54) is 6.26 Å². The lowest BCUT2D eigenvalue weighted by Gasteiger charge is -2.36. The van der Waals surface area contributed by atoms with E-state index in [0.29, 0.717) is 0 Å². The molecule has 1 aliphatic carbocycles. The van der Waals surface area contributed by atoms with Crippen LogP contribution in [0.25, 0.3) is 0 Å². The molecular formula is C10H18O3. The molecule has 13 heavy (non-hydrogen) atoms. The Morgan fingerprint density at radius 1 is 1.31 bits per heavy atom. The van der Waals surface area contributed by atoms with E-state index < -0.39 is 0 Å². The summed E-state index contributed by atoms with van der Waals surface area (Å²) >= 11 is 0. The monoisotopic (exact) mass is 186 g/mol. The summed E-state index contributed by atoms with van der Waals surface area (Å²) in [5.41, 5.74) is -0.263. The standard InChI is InChI=1S/C10H18O3/c1-2-13-9-3-5-10(7-11,8-12)6-4-9/h2,9,11-12H,1,3-8H2. The molecule has 0 atom stereocenters. The van der Waals surface area contributed by atoms with Gasteiger partial charge in [-0.05, 0) is 25.7 Å². The molecule has 3 heteroatoms. The Hall–Kier alpha value is -0.540. The van der Waals surface area contributed by atoms with E-state index in [9.17, 15) is 0 Å². The van der Waals surface area contributed by atoms with E-state index >= 15 is 0 Å². The molecule has 0 aromatic heterocycles. The summed E-state index contributed by atoms with van der Waals surface area (Å²) in [6.07, 6.45) is 5.15. The maximum absolute atomic E-state index is 9.14. The number of hydrogen-bond acceptors (Lipinski definition) is 3. The van der Waals surface area contributed by atoms with Gasteiger partial charge in [-0.25, -0.2) is 0 Å². The molecule has 0 bridgehead atoms. The van der Waals surface area contributed by atoms with Crippen molar-refractivity contribution < 1.29 is 14.9 Å². The van der Waals surface area contributed by atoms with Crippen LogP contribution in [0.15, 0.2) is 12.8 Å². The SMILES string of the molecule is C=COC1CCC(CO)(CO)CC1. The third kappa shape index (κ3) is 2.45. The van der Waals surface area contributed by atoms with Gasteiger partial charge in [-0.3, -0.25) is 0 Å². The molecule has 3 nitrogen and oxygen atoms in total. The lowest BCUT2D eigenvalue weighted by Crippen LogP contribution is -2.36. The Morgan fingerprint density at radius 2 is 1.85 bits per heavy atom. The zero-order valence-electron chi connectivity index (χ0n) is 7.91. The van der Waals surface area contributed by atoms with E-state index in [0.717, 1.165) is 25.7 Å². The highest BCUT2D eigenvalue weighted by Gasteiger charge is 2.34. The molecular weight excluding hydrogens is 168 g/mol. The van der Waals surface area contributed by atoms with Crippen LogP contribution >= 0.6 is 0 Å². The van der Waals surface area contributed by atoms with Gasteiger partial charge in [-0.15, -0.1) is 0 Å². The minimum atomic E-state index is -0.263. The van der Waals surface area contributed by atoms with Gasteiger partial charge in [-0.1, -0.05) is 6.58 Å². The summed E-state index contributed by atoms with van der Waals surface area (Å²) in [6, 6.07) is 0. The molecule has 1 rings (SSSR count). The van der Waals surface area contributed by atoms with Crippen LogP contribution in [0.3, 0.4) is 0 Å². The first kappa shape index (κ1) is 10.5. The smallest absolute Gasteiger partial charge is 0.0978 e. The van der Waals surface area contributed by atoms with Gasteiger partial charge in [0, 0.05) is 5.41 Å². The van der Waals surface area contributed by atoms with Gasteiger partial charge in [0.2, 0.25) is 0 Å². The van der Waals surface area contributed by atoms with Crippen LogP contribution in [0, 0.1) is 5.41 Å². The van der Waals surface area contributed by atoms with Crippen LogP contribution in [0.2, 0.25) is 0 Å². The summed E-state index contributed by atoms with van der Waals surface area (Å²) in [5.74, 6) is 0. The van der Waals surface area contributed by atoms with E-state index in [-0.39, 0.29) is 24.7 Å². The fourth-order valence-corrected chi connectivity index (χ4v) is 1.84. The Morgan fingerprint density at radius 3 is 2.23 bits per heavy atom. The van der Waals surface area contributed by atoms with Crippen LogP contribution < -0.4 is 0 Å². The zero-order chi connectivity index (χ0) is 9.73. The molecule has 0 saturated heterocycles. The van der Waals surface area contributed by atoms with Crippen molar-refractivity contribution in [2.24, 2.45) is 5.41 Å². The topological polar surface area (TPSA) is 49.7 Å². The molecule has 0 aromatic rings. The van der Waals surface area contributed by atoms with E-state index in [1.807, 2.05) is 0 Å². The van der Waals surface area contributed by atoms with Gasteiger partial charge in [0.1, 0.15) is 0 Å². The number of aliphatic hydroxyl groups excluding tert-OH is 2. The highest BCUT2D eigenvalue weighted by Crippen LogP contribution is 2.36. The molecule has 0 radical (unpaired) electrons. The molecule has 1 fully saturated rings. The quantitative estimate of drug-likeness (QED) is 0.645. The number of ether oxygens (including phenoxy) is 1. The zero-order valence-corrected chi connectivity index (χ0v) is 7.91. The molecule has 76 valence electrons. The first-order valence-corrected chi connectivity index (χ1v) is 4.74. The first-order chi connectivity index (χ1) is 6.26. The Bertz CT molecular complexity index is 154. The summed E-state index contributed by atoms with van der Waals surface area (Å²) in [7, 11) is 0. The molecule has 1 saturated carbocycles. The molecule has 0 amide bonds. The second kappa shape index (κ2) is 4.63. The second-order valence-corrected chi connectivity index (χ2v) is 3.82. The van der Waals surface area contributed by atoms with Crippen molar-refractivity contribution in [3.05, 3.63) is 12.8 Å². The maximum atomic E-state index is 9.14. The Kier molecular flexibility index (Phi) is 3.75. The fraction of sp³-hybridized carbons (Fsp3) is 0.800. The summed E-state index contributed by atoms with van der Waals surface area (Å²) in [6.45, 7) is 3.66. The molecule has 0 aliphatic heterocycles. The largest absolute Gasteiger partial charge is 0.499 e. The lowest BCUT2D eigenvalue weighted by molar-refractivity contribution is -0.0165. The van der Waals surface area contributed by atoms with Crippen LogP contribution in [0.1, 0.15) is 25.7 Å². The predicted molar refractivity (Wildman–Crippen MR) is 50.1 cm³/mol. The molecule has 2 N–H and O–H groups in total. The number of rotatable bonds is 4. The molecule has 1 aliphatic rings. The lowest BCUT2D eigenvalue weighted by atomic mass is 9.74. The van der Waals surface area contributed by atoms with Gasteiger partial charge in [-0.2, -0.15) is 0 Å². The maximum Gasteiger partial charge on any atom is 0.0978 e. The summed E-state index contributed by atoms with van der Waals surface area (Å²) in [5, 5.41) is 18.3. The van der Waals surface area contributed by atoms with Crippen LogP contribution in [0.4, 0.5) is 0 Å². The van der Waals surface area contributed by atoms with Crippen LogP contribution in [-0.4, -0.2) is 29.5 Å². The van der Waals surface area contributed by atoms with E-state index in [4.69, 9.17) is 14.9 Å². The van der Waals surface area contributed by atoms with Crippen molar-refractivity contribution in [3.63, 3.8) is 0 Å². The van der Waals surface area contributed by atoms with Gasteiger partial charge in [0.05, 0.1) is 25.6 Å². The highest BCUT2D eigenvalue weighted by atomic mass is 16.5. The Labute approximate surface area is 79.0 Å².